The summed E-state index contributed by atoms with van der Waals surface area (Å²) >= 11 is 6.16. The maximum absolute atomic E-state index is 13.9. The van der Waals surface area contributed by atoms with E-state index < -0.39 is 0 Å². The van der Waals surface area contributed by atoms with Crippen molar-refractivity contribution in [2.75, 3.05) is 32.1 Å². The fourth-order valence-corrected chi connectivity index (χ4v) is 4.88. The number of fused-ring (bicyclic) bond motifs is 1. The Morgan fingerprint density at radius 1 is 0.974 bits per heavy atom. The number of aromatic nitrogens is 1. The SMILES string of the molecule is CCC(C)N(CC(=O)N(CCc1c[nH]c2ccccc12)Cc1ccc(N(C)C)cc1)C(=O)c1cccc(Cl)c1. The number of benzene rings is 3. The molecule has 1 unspecified atom stereocenters. The summed E-state index contributed by atoms with van der Waals surface area (Å²) in [5.41, 5.74) is 4.88. The van der Waals surface area contributed by atoms with Gasteiger partial charge in [0.25, 0.3) is 5.91 Å². The van der Waals surface area contributed by atoms with Crippen molar-refractivity contribution in [1.82, 2.24) is 14.8 Å². The number of nitrogens with zero attached hydrogens (tertiary/aromatic N) is 3. The maximum Gasteiger partial charge on any atom is 0.254 e. The predicted molar refractivity (Wildman–Crippen MR) is 160 cm³/mol. The van der Waals surface area contributed by atoms with Gasteiger partial charge < -0.3 is 19.7 Å². The van der Waals surface area contributed by atoms with Gasteiger partial charge in [0.1, 0.15) is 6.54 Å². The predicted octanol–water partition coefficient (Wildman–Crippen LogP) is 6.40. The van der Waals surface area contributed by atoms with Gasteiger partial charge in [0.15, 0.2) is 0 Å². The molecule has 0 fully saturated rings. The van der Waals surface area contributed by atoms with E-state index in [1.54, 1.807) is 29.2 Å². The number of anilines is 1. The van der Waals surface area contributed by atoms with Crippen molar-refractivity contribution >= 4 is 40.0 Å². The third-order valence-electron chi connectivity index (χ3n) is 7.27. The summed E-state index contributed by atoms with van der Waals surface area (Å²) in [6.45, 7) is 5.01. The molecule has 1 heterocycles. The van der Waals surface area contributed by atoms with E-state index in [1.165, 1.54) is 5.56 Å². The Morgan fingerprint density at radius 3 is 2.41 bits per heavy atom. The van der Waals surface area contributed by atoms with E-state index in [9.17, 15) is 9.59 Å². The topological polar surface area (TPSA) is 59.7 Å². The van der Waals surface area contributed by atoms with Crippen LogP contribution >= 0.6 is 11.6 Å². The molecule has 4 aromatic rings. The molecule has 0 aliphatic carbocycles. The standard InChI is InChI=1S/C32H37ClN4O2/c1-5-23(2)37(32(39)25-9-8-10-27(33)19-25)22-31(38)36(21-24-13-15-28(16-14-24)35(3)4)18-17-26-20-34-30-12-7-6-11-29(26)30/h6-16,19-20,23,34H,5,17-18,21-22H2,1-4H3. The van der Waals surface area contributed by atoms with Crippen LogP contribution in [-0.4, -0.2) is 59.8 Å². The Morgan fingerprint density at radius 2 is 1.72 bits per heavy atom. The van der Waals surface area contributed by atoms with Gasteiger partial charge in [0, 0.05) is 66.6 Å². The van der Waals surface area contributed by atoms with Gasteiger partial charge in [-0.15, -0.1) is 0 Å². The molecule has 0 bridgehead atoms. The molecule has 0 radical (unpaired) electrons. The molecule has 1 N–H and O–H groups in total. The van der Waals surface area contributed by atoms with Crippen molar-refractivity contribution in [3.05, 3.63) is 101 Å². The second kappa shape index (κ2) is 12.9. The van der Waals surface area contributed by atoms with Crippen LogP contribution in [-0.2, 0) is 17.8 Å². The number of aromatic amines is 1. The molecular weight excluding hydrogens is 508 g/mol. The number of hydrogen-bond donors (Lipinski definition) is 1. The first-order valence-electron chi connectivity index (χ1n) is 13.4. The third kappa shape index (κ3) is 7.01. The van der Waals surface area contributed by atoms with E-state index >= 15 is 0 Å². The van der Waals surface area contributed by atoms with Gasteiger partial charge >= 0.3 is 0 Å². The van der Waals surface area contributed by atoms with Gasteiger partial charge in [-0.1, -0.05) is 54.9 Å². The minimum absolute atomic E-state index is 0.00399. The van der Waals surface area contributed by atoms with Crippen LogP contribution in [0.15, 0.2) is 79.0 Å². The first-order valence-corrected chi connectivity index (χ1v) is 13.8. The normalized spacial score (nSPS) is 11.8. The lowest BCUT2D eigenvalue weighted by Gasteiger charge is -2.31. The number of nitrogens with one attached hydrogen (secondary N) is 1. The van der Waals surface area contributed by atoms with Crippen LogP contribution in [0.3, 0.4) is 0 Å². The third-order valence-corrected chi connectivity index (χ3v) is 7.50. The first kappa shape index (κ1) is 28.2. The van der Waals surface area contributed by atoms with E-state index in [1.807, 2.05) is 51.2 Å². The molecule has 0 saturated heterocycles. The maximum atomic E-state index is 13.9. The summed E-state index contributed by atoms with van der Waals surface area (Å²) in [7, 11) is 4.01. The monoisotopic (exact) mass is 544 g/mol. The largest absolute Gasteiger partial charge is 0.378 e. The van der Waals surface area contributed by atoms with Gasteiger partial charge in [0.05, 0.1) is 0 Å². The molecule has 0 saturated carbocycles. The van der Waals surface area contributed by atoms with Crippen LogP contribution in [0, 0.1) is 0 Å². The fourth-order valence-electron chi connectivity index (χ4n) is 4.69. The zero-order chi connectivity index (χ0) is 27.9. The molecule has 1 atom stereocenters. The van der Waals surface area contributed by atoms with Gasteiger partial charge in [-0.05, 0) is 67.3 Å². The molecule has 2 amide bonds. The van der Waals surface area contributed by atoms with Crippen molar-refractivity contribution < 1.29 is 9.59 Å². The van der Waals surface area contributed by atoms with Crippen molar-refractivity contribution in [3.63, 3.8) is 0 Å². The molecule has 7 heteroatoms. The lowest BCUT2D eigenvalue weighted by Crippen LogP contribution is -2.46. The molecule has 0 aliphatic heterocycles. The van der Waals surface area contributed by atoms with E-state index in [0.29, 0.717) is 30.1 Å². The van der Waals surface area contributed by atoms with Crippen LogP contribution in [0.2, 0.25) is 5.02 Å². The smallest absolute Gasteiger partial charge is 0.254 e. The number of amides is 2. The molecule has 0 spiro atoms. The Balaban J connectivity index is 1.57. The highest BCUT2D eigenvalue weighted by Crippen LogP contribution is 2.21. The average Bonchev–Trinajstić information content (AvgIpc) is 3.36. The Hall–Kier alpha value is -3.77. The Bertz CT molecular complexity index is 1410. The summed E-state index contributed by atoms with van der Waals surface area (Å²) < 4.78 is 0. The van der Waals surface area contributed by atoms with Crippen molar-refractivity contribution in [2.45, 2.75) is 39.3 Å². The second-order valence-electron chi connectivity index (χ2n) is 10.2. The first-order chi connectivity index (χ1) is 18.8. The molecule has 4 rings (SSSR count). The number of carbonyl (C=O) groups is 2. The van der Waals surface area contributed by atoms with Crippen LogP contribution in [0.25, 0.3) is 10.9 Å². The molecule has 6 nitrogen and oxygen atoms in total. The summed E-state index contributed by atoms with van der Waals surface area (Å²) in [6.07, 6.45) is 3.46. The number of hydrogen-bond acceptors (Lipinski definition) is 3. The molecule has 1 aromatic heterocycles. The highest BCUT2D eigenvalue weighted by molar-refractivity contribution is 6.31. The molecular formula is C32H37ClN4O2. The van der Waals surface area contributed by atoms with Crippen LogP contribution in [0.4, 0.5) is 5.69 Å². The minimum Gasteiger partial charge on any atom is -0.378 e. The summed E-state index contributed by atoms with van der Waals surface area (Å²) in [4.78, 5) is 36.3. The lowest BCUT2D eigenvalue weighted by molar-refractivity contribution is -0.133. The molecule has 39 heavy (non-hydrogen) atoms. The number of rotatable bonds is 11. The Labute approximate surface area is 236 Å². The van der Waals surface area contributed by atoms with E-state index in [2.05, 4.69) is 46.3 Å². The average molecular weight is 545 g/mol. The van der Waals surface area contributed by atoms with Crippen LogP contribution in [0.5, 0.6) is 0 Å². The van der Waals surface area contributed by atoms with Gasteiger partial charge in [-0.25, -0.2) is 0 Å². The lowest BCUT2D eigenvalue weighted by atomic mass is 10.1. The second-order valence-corrected chi connectivity index (χ2v) is 10.6. The van der Waals surface area contributed by atoms with E-state index in [-0.39, 0.29) is 24.4 Å². The van der Waals surface area contributed by atoms with Crippen LogP contribution in [0.1, 0.15) is 41.8 Å². The zero-order valence-electron chi connectivity index (χ0n) is 23.2. The zero-order valence-corrected chi connectivity index (χ0v) is 23.9. The number of para-hydroxylation sites is 1. The molecule has 3 aromatic carbocycles. The van der Waals surface area contributed by atoms with Gasteiger partial charge in [-0.2, -0.15) is 0 Å². The van der Waals surface area contributed by atoms with Crippen LogP contribution < -0.4 is 4.90 Å². The van der Waals surface area contributed by atoms with Gasteiger partial charge in [0.2, 0.25) is 5.91 Å². The fraction of sp³-hybridized carbons (Fsp3) is 0.312. The van der Waals surface area contributed by atoms with E-state index in [0.717, 1.165) is 28.6 Å². The van der Waals surface area contributed by atoms with E-state index in [4.69, 9.17) is 11.6 Å². The van der Waals surface area contributed by atoms with Crippen molar-refractivity contribution in [3.8, 4) is 0 Å². The quantitative estimate of drug-likeness (QED) is 0.238. The van der Waals surface area contributed by atoms with Crippen molar-refractivity contribution in [2.24, 2.45) is 0 Å². The summed E-state index contributed by atoms with van der Waals surface area (Å²) in [6, 6.07) is 23.2. The van der Waals surface area contributed by atoms with Gasteiger partial charge in [-0.3, -0.25) is 9.59 Å². The summed E-state index contributed by atoms with van der Waals surface area (Å²) in [5.74, 6) is -0.269. The minimum atomic E-state index is -0.188. The summed E-state index contributed by atoms with van der Waals surface area (Å²) in [5, 5.41) is 1.66. The van der Waals surface area contributed by atoms with Crippen molar-refractivity contribution in [1.29, 1.82) is 0 Å². The highest BCUT2D eigenvalue weighted by Gasteiger charge is 2.26. The molecule has 0 aliphatic rings. The Kier molecular flexibility index (Phi) is 9.31. The molecule has 204 valence electrons. The number of halogens is 1. The number of carbonyl (C=O) groups excluding carboxylic acids is 2. The highest BCUT2D eigenvalue weighted by atomic mass is 35.5. The number of H-pyrrole nitrogens is 1.